The highest BCUT2D eigenvalue weighted by Gasteiger charge is 2.31. The van der Waals surface area contributed by atoms with E-state index >= 15 is 0 Å². The Kier molecular flexibility index (Phi) is 6.23. The lowest BCUT2D eigenvalue weighted by Gasteiger charge is -2.16. The van der Waals surface area contributed by atoms with Gasteiger partial charge in [0.2, 0.25) is 0 Å². The van der Waals surface area contributed by atoms with E-state index in [-0.39, 0.29) is 18.1 Å². The third-order valence-electron chi connectivity index (χ3n) is 5.97. The summed E-state index contributed by atoms with van der Waals surface area (Å²) < 4.78 is 9.59. The fourth-order valence-electron chi connectivity index (χ4n) is 4.15. The van der Waals surface area contributed by atoms with Crippen LogP contribution in [-0.2, 0) is 11.5 Å². The van der Waals surface area contributed by atoms with Gasteiger partial charge in [-0.15, -0.1) is 0 Å². The van der Waals surface area contributed by atoms with E-state index < -0.39 is 8.07 Å². The van der Waals surface area contributed by atoms with Gasteiger partial charge < -0.3 is 14.4 Å². The van der Waals surface area contributed by atoms with E-state index in [0.29, 0.717) is 13.2 Å². The molecule has 3 aromatic heterocycles. The van der Waals surface area contributed by atoms with Crippen molar-refractivity contribution < 1.29 is 9.84 Å². The molecule has 31 heavy (non-hydrogen) atoms. The molecule has 4 rings (SSSR count). The zero-order valence-corrected chi connectivity index (χ0v) is 19.4. The molecule has 0 aliphatic heterocycles. The van der Waals surface area contributed by atoms with Gasteiger partial charge in [0.25, 0.3) is 0 Å². The molecule has 1 aliphatic rings. The predicted octanol–water partition coefficient (Wildman–Crippen LogP) is 3.83. The molecule has 1 aliphatic carbocycles. The van der Waals surface area contributed by atoms with Crippen molar-refractivity contribution >= 4 is 19.1 Å². The molecule has 9 heteroatoms. The maximum atomic E-state index is 9.85. The second-order valence-corrected chi connectivity index (χ2v) is 15.2. The maximum Gasteiger partial charge on any atom is 0.145 e. The molecule has 0 aromatic carbocycles. The van der Waals surface area contributed by atoms with Gasteiger partial charge in [-0.25, -0.2) is 9.97 Å². The lowest BCUT2D eigenvalue weighted by Crippen LogP contribution is -2.22. The first-order chi connectivity index (χ1) is 14.9. The SMILES string of the molecule is C[Si](C)(C)CCOCn1ccc2c(-c3cnn(C(C#N)[C@H]4CC[C@@H](O)C4)c3)ncnc21. The van der Waals surface area contributed by atoms with Crippen LogP contribution in [0.3, 0.4) is 0 Å². The molecule has 0 saturated heterocycles. The summed E-state index contributed by atoms with van der Waals surface area (Å²) in [5.74, 6) is 0.118. The van der Waals surface area contributed by atoms with Crippen LogP contribution >= 0.6 is 0 Å². The fraction of sp³-hybridized carbons (Fsp3) is 0.545. The summed E-state index contributed by atoms with van der Waals surface area (Å²) in [6, 6.07) is 5.11. The van der Waals surface area contributed by atoms with Crippen LogP contribution in [0.5, 0.6) is 0 Å². The van der Waals surface area contributed by atoms with Crippen LogP contribution < -0.4 is 0 Å². The van der Waals surface area contributed by atoms with Crippen molar-refractivity contribution in [2.24, 2.45) is 5.92 Å². The number of rotatable bonds is 8. The second kappa shape index (κ2) is 8.90. The zero-order valence-electron chi connectivity index (χ0n) is 18.4. The van der Waals surface area contributed by atoms with E-state index in [4.69, 9.17) is 4.74 Å². The van der Waals surface area contributed by atoms with Crippen LogP contribution in [0, 0.1) is 17.2 Å². The number of aromatic nitrogens is 5. The summed E-state index contributed by atoms with van der Waals surface area (Å²) in [5, 5.41) is 24.9. The molecular weight excluding hydrogens is 408 g/mol. The van der Waals surface area contributed by atoms with Gasteiger partial charge in [0.1, 0.15) is 24.7 Å². The summed E-state index contributed by atoms with van der Waals surface area (Å²) >= 11 is 0. The molecular formula is C22H30N6O2Si. The van der Waals surface area contributed by atoms with Gasteiger partial charge >= 0.3 is 0 Å². The Morgan fingerprint density at radius 1 is 1.32 bits per heavy atom. The van der Waals surface area contributed by atoms with Gasteiger partial charge in [-0.2, -0.15) is 10.4 Å². The average Bonchev–Trinajstić information content (AvgIpc) is 3.46. The first kappa shape index (κ1) is 21.7. The van der Waals surface area contributed by atoms with Gasteiger partial charge in [-0.3, -0.25) is 4.68 Å². The number of ether oxygens (including phenoxy) is 1. The maximum absolute atomic E-state index is 9.85. The van der Waals surface area contributed by atoms with Gasteiger partial charge in [0, 0.05) is 38.0 Å². The minimum atomic E-state index is -1.12. The molecule has 3 heterocycles. The van der Waals surface area contributed by atoms with Gasteiger partial charge in [0.05, 0.1) is 24.1 Å². The Hall–Kier alpha value is -2.54. The molecule has 164 valence electrons. The van der Waals surface area contributed by atoms with Gasteiger partial charge in [-0.05, 0) is 37.3 Å². The molecule has 1 N–H and O–H groups in total. The molecule has 0 bridgehead atoms. The minimum Gasteiger partial charge on any atom is -0.393 e. The standard InChI is InChI=1S/C22H30N6O2Si/c1-31(2,3)9-8-30-15-27-7-6-19-21(24-14-25-22(19)27)17-12-26-28(13-17)20(11-23)16-4-5-18(29)10-16/h6-7,12-14,16,18,20,29H,4-5,8-10,15H2,1-3H3/t16-,18+,20?/m0/s1. The molecule has 3 aromatic rings. The largest absolute Gasteiger partial charge is 0.393 e. The Morgan fingerprint density at radius 2 is 2.16 bits per heavy atom. The van der Waals surface area contributed by atoms with Crippen molar-refractivity contribution in [3.63, 3.8) is 0 Å². The second-order valence-electron chi connectivity index (χ2n) is 9.60. The number of hydrogen-bond acceptors (Lipinski definition) is 6. The van der Waals surface area contributed by atoms with E-state index in [0.717, 1.165) is 47.8 Å². The molecule has 1 unspecified atom stereocenters. The third kappa shape index (κ3) is 4.87. The average molecular weight is 439 g/mol. The molecule has 0 amide bonds. The highest BCUT2D eigenvalue weighted by atomic mass is 28.3. The Labute approximate surface area is 183 Å². The summed E-state index contributed by atoms with van der Waals surface area (Å²) in [6.45, 7) is 8.24. The van der Waals surface area contributed by atoms with Crippen molar-refractivity contribution in [3.8, 4) is 17.3 Å². The summed E-state index contributed by atoms with van der Waals surface area (Å²) in [7, 11) is -1.12. The normalized spacial score (nSPS) is 20.2. The van der Waals surface area contributed by atoms with E-state index in [1.54, 1.807) is 17.2 Å². The highest BCUT2D eigenvalue weighted by Crippen LogP contribution is 2.35. The molecule has 3 atom stereocenters. The van der Waals surface area contributed by atoms with Crippen LogP contribution in [0.1, 0.15) is 25.3 Å². The third-order valence-corrected chi connectivity index (χ3v) is 7.67. The van der Waals surface area contributed by atoms with Crippen molar-refractivity contribution in [2.75, 3.05) is 6.61 Å². The van der Waals surface area contributed by atoms with Crippen molar-refractivity contribution in [1.82, 2.24) is 24.3 Å². The van der Waals surface area contributed by atoms with Crippen LogP contribution in [0.25, 0.3) is 22.3 Å². The lowest BCUT2D eigenvalue weighted by atomic mass is 9.99. The lowest BCUT2D eigenvalue weighted by molar-refractivity contribution is 0.0899. The highest BCUT2D eigenvalue weighted by molar-refractivity contribution is 6.76. The number of aliphatic hydroxyl groups is 1. The van der Waals surface area contributed by atoms with E-state index in [9.17, 15) is 10.4 Å². The molecule has 8 nitrogen and oxygen atoms in total. The number of aliphatic hydroxyl groups excluding tert-OH is 1. The number of nitriles is 1. The first-order valence-electron chi connectivity index (χ1n) is 10.9. The molecule has 1 fully saturated rings. The fourth-order valence-corrected chi connectivity index (χ4v) is 4.91. The summed E-state index contributed by atoms with van der Waals surface area (Å²) in [4.78, 5) is 8.95. The predicted molar refractivity (Wildman–Crippen MR) is 121 cm³/mol. The monoisotopic (exact) mass is 438 g/mol. The summed E-state index contributed by atoms with van der Waals surface area (Å²) in [6.07, 6.45) is 9.07. The van der Waals surface area contributed by atoms with Gasteiger partial charge in [0.15, 0.2) is 0 Å². The van der Waals surface area contributed by atoms with Crippen LogP contribution in [0.4, 0.5) is 0 Å². The van der Waals surface area contributed by atoms with Crippen LogP contribution in [0.2, 0.25) is 25.7 Å². The Bertz CT molecular complexity index is 1080. The Morgan fingerprint density at radius 3 is 2.87 bits per heavy atom. The number of nitrogens with zero attached hydrogens (tertiary/aromatic N) is 6. The number of fused-ring (bicyclic) bond motifs is 1. The molecule has 1 saturated carbocycles. The first-order valence-corrected chi connectivity index (χ1v) is 14.6. The zero-order chi connectivity index (χ0) is 22.0. The van der Waals surface area contributed by atoms with Crippen molar-refractivity contribution in [2.45, 2.75) is 63.8 Å². The van der Waals surface area contributed by atoms with Crippen LogP contribution in [-0.4, -0.2) is 50.2 Å². The smallest absolute Gasteiger partial charge is 0.145 e. The minimum absolute atomic E-state index is 0.118. The van der Waals surface area contributed by atoms with Crippen LogP contribution in [0.15, 0.2) is 31.0 Å². The van der Waals surface area contributed by atoms with Crippen molar-refractivity contribution in [1.29, 1.82) is 5.26 Å². The molecule has 0 spiro atoms. The quantitative estimate of drug-likeness (QED) is 0.424. The molecule has 0 radical (unpaired) electrons. The number of hydrogen-bond donors (Lipinski definition) is 1. The topological polar surface area (TPSA) is 102 Å². The van der Waals surface area contributed by atoms with E-state index in [1.165, 1.54) is 0 Å². The summed E-state index contributed by atoms with van der Waals surface area (Å²) in [5.41, 5.74) is 2.46. The van der Waals surface area contributed by atoms with Gasteiger partial charge in [-0.1, -0.05) is 19.6 Å². The van der Waals surface area contributed by atoms with E-state index in [2.05, 4.69) is 40.8 Å². The Balaban J connectivity index is 1.53. The van der Waals surface area contributed by atoms with E-state index in [1.807, 2.05) is 23.0 Å². The van der Waals surface area contributed by atoms with Crippen molar-refractivity contribution in [3.05, 3.63) is 31.0 Å².